The molecule has 0 radical (unpaired) electrons. The molecule has 11 heteroatoms. The molecule has 4 rings (SSSR count). The molecule has 0 aliphatic heterocycles. The van der Waals surface area contributed by atoms with Gasteiger partial charge in [-0.2, -0.15) is 13.2 Å². The van der Waals surface area contributed by atoms with Crippen molar-refractivity contribution in [2.45, 2.75) is 43.0 Å². The molecule has 0 aromatic heterocycles. The second-order valence-electron chi connectivity index (χ2n) is 10.6. The summed E-state index contributed by atoms with van der Waals surface area (Å²) in [5, 5.41) is 7.27. The number of carbonyl (C=O) groups is 3. The lowest BCUT2D eigenvalue weighted by molar-refractivity contribution is -0.137. The van der Waals surface area contributed by atoms with Crippen LogP contribution in [-0.2, 0) is 15.8 Å². The maximum atomic E-state index is 13.4. The van der Waals surface area contributed by atoms with E-state index >= 15 is 0 Å². The number of alkyl halides is 3. The highest BCUT2D eigenvalue weighted by molar-refractivity contribution is 8.00. The highest BCUT2D eigenvalue weighted by Crippen LogP contribution is 2.34. The van der Waals surface area contributed by atoms with E-state index in [-0.39, 0.29) is 16.4 Å². The number of benzene rings is 4. The highest BCUT2D eigenvalue weighted by atomic mass is 35.5. The predicted octanol–water partition coefficient (Wildman–Crippen LogP) is 9.01. The van der Waals surface area contributed by atoms with Crippen LogP contribution in [0.5, 0.6) is 0 Å². The average molecular weight is 666 g/mol. The van der Waals surface area contributed by atoms with Gasteiger partial charge in [-0.1, -0.05) is 67.9 Å². The van der Waals surface area contributed by atoms with Gasteiger partial charge in [0.25, 0.3) is 11.8 Å². The lowest BCUT2D eigenvalue weighted by Crippen LogP contribution is -2.30. The van der Waals surface area contributed by atoms with Gasteiger partial charge in [-0.3, -0.25) is 14.4 Å². The van der Waals surface area contributed by atoms with E-state index in [1.807, 2.05) is 24.3 Å². The van der Waals surface area contributed by atoms with Crippen molar-refractivity contribution in [1.29, 1.82) is 0 Å². The predicted molar refractivity (Wildman–Crippen MR) is 178 cm³/mol. The van der Waals surface area contributed by atoms with E-state index in [2.05, 4.69) is 29.8 Å². The Bertz CT molecular complexity index is 1730. The Hall–Kier alpha value is -4.54. The van der Waals surface area contributed by atoms with Crippen molar-refractivity contribution in [3.63, 3.8) is 0 Å². The van der Waals surface area contributed by atoms with Crippen LogP contribution in [-0.4, -0.2) is 23.0 Å². The first-order chi connectivity index (χ1) is 21.8. The fourth-order valence-corrected chi connectivity index (χ4v) is 5.22. The van der Waals surface area contributed by atoms with Crippen molar-refractivity contribution < 1.29 is 27.6 Å². The Kier molecular flexibility index (Phi) is 11.3. The zero-order valence-electron chi connectivity index (χ0n) is 25.1. The monoisotopic (exact) mass is 665 g/mol. The number of anilines is 2. The lowest BCUT2D eigenvalue weighted by Gasteiger charge is -2.15. The maximum absolute atomic E-state index is 13.4. The summed E-state index contributed by atoms with van der Waals surface area (Å²) in [6.07, 6.45) is -2.98. The lowest BCUT2D eigenvalue weighted by atomic mass is 10.0. The Labute approximate surface area is 274 Å². The van der Waals surface area contributed by atoms with Gasteiger partial charge in [0.1, 0.15) is 5.70 Å². The Morgan fingerprint density at radius 3 is 2.09 bits per heavy atom. The summed E-state index contributed by atoms with van der Waals surface area (Å²) < 4.78 is 39.3. The molecule has 3 amide bonds. The minimum Gasteiger partial charge on any atom is -0.324 e. The summed E-state index contributed by atoms with van der Waals surface area (Å²) >= 11 is 7.18. The average Bonchev–Trinajstić information content (AvgIpc) is 3.02. The molecule has 1 atom stereocenters. The van der Waals surface area contributed by atoms with Crippen molar-refractivity contribution in [2.24, 2.45) is 0 Å². The zero-order valence-corrected chi connectivity index (χ0v) is 26.7. The van der Waals surface area contributed by atoms with E-state index in [1.54, 1.807) is 67.6 Å². The van der Waals surface area contributed by atoms with Crippen LogP contribution in [0.25, 0.3) is 6.08 Å². The Balaban J connectivity index is 1.44. The molecule has 0 aliphatic rings. The largest absolute Gasteiger partial charge is 0.416 e. The van der Waals surface area contributed by atoms with Gasteiger partial charge in [0.05, 0.1) is 21.5 Å². The summed E-state index contributed by atoms with van der Waals surface area (Å²) in [4.78, 5) is 39.7. The SMILES string of the molecule is CC(Sc1ccc(NC(=O)/C(=C/c2ccc(C(C)C)cc2)NC(=O)c2ccccc2)cc1)C(=O)Nc1cc(C(F)(F)F)ccc1Cl. The zero-order chi connectivity index (χ0) is 33.4. The van der Waals surface area contributed by atoms with E-state index in [4.69, 9.17) is 11.6 Å². The molecule has 0 saturated heterocycles. The van der Waals surface area contributed by atoms with Crippen molar-refractivity contribution in [3.8, 4) is 0 Å². The van der Waals surface area contributed by atoms with Crippen LogP contribution in [0.1, 0.15) is 53.7 Å². The fraction of sp³-hybridized carbons (Fsp3) is 0.171. The number of hydrogen-bond acceptors (Lipinski definition) is 4. The summed E-state index contributed by atoms with van der Waals surface area (Å²) in [5.74, 6) is -1.17. The smallest absolute Gasteiger partial charge is 0.324 e. The van der Waals surface area contributed by atoms with E-state index in [0.29, 0.717) is 22.1 Å². The number of rotatable bonds is 10. The fourth-order valence-electron chi connectivity index (χ4n) is 4.19. The Morgan fingerprint density at radius 1 is 0.826 bits per heavy atom. The van der Waals surface area contributed by atoms with Crippen LogP contribution < -0.4 is 16.0 Å². The third-order valence-corrected chi connectivity index (χ3v) is 8.23. The van der Waals surface area contributed by atoms with E-state index in [9.17, 15) is 27.6 Å². The van der Waals surface area contributed by atoms with Crippen LogP contribution in [0, 0.1) is 0 Å². The molecule has 0 heterocycles. The molecule has 6 nitrogen and oxygen atoms in total. The second-order valence-corrected chi connectivity index (χ2v) is 12.4. The van der Waals surface area contributed by atoms with Gasteiger partial charge in [0.15, 0.2) is 0 Å². The maximum Gasteiger partial charge on any atom is 0.416 e. The third kappa shape index (κ3) is 9.48. The van der Waals surface area contributed by atoms with Crippen LogP contribution in [0.4, 0.5) is 24.5 Å². The normalized spacial score (nSPS) is 12.4. The topological polar surface area (TPSA) is 87.3 Å². The first-order valence-electron chi connectivity index (χ1n) is 14.2. The molecule has 3 N–H and O–H groups in total. The number of thioether (sulfide) groups is 1. The van der Waals surface area contributed by atoms with Gasteiger partial charge in [-0.15, -0.1) is 11.8 Å². The molecule has 0 saturated carbocycles. The number of carbonyl (C=O) groups excluding carboxylic acids is 3. The van der Waals surface area contributed by atoms with Crippen molar-refractivity contribution in [2.75, 3.05) is 10.6 Å². The third-order valence-electron chi connectivity index (χ3n) is 6.79. The molecule has 0 bridgehead atoms. The summed E-state index contributed by atoms with van der Waals surface area (Å²) in [7, 11) is 0. The highest BCUT2D eigenvalue weighted by Gasteiger charge is 2.31. The Morgan fingerprint density at radius 2 is 1.48 bits per heavy atom. The van der Waals surface area contributed by atoms with Crippen molar-refractivity contribution in [1.82, 2.24) is 5.32 Å². The van der Waals surface area contributed by atoms with Gasteiger partial charge in [-0.05, 0) is 84.6 Å². The van der Waals surface area contributed by atoms with Gasteiger partial charge >= 0.3 is 6.18 Å². The molecule has 46 heavy (non-hydrogen) atoms. The number of halogens is 4. The van der Waals surface area contributed by atoms with Crippen LogP contribution in [0.15, 0.2) is 108 Å². The summed E-state index contributed by atoms with van der Waals surface area (Å²) in [5.41, 5.74) is 1.69. The van der Waals surface area contributed by atoms with E-state index in [0.717, 1.165) is 29.3 Å². The van der Waals surface area contributed by atoms with Gasteiger partial charge < -0.3 is 16.0 Å². The summed E-state index contributed by atoms with van der Waals surface area (Å²) in [6, 6.07) is 25.6. The minimum absolute atomic E-state index is 0.0143. The second kappa shape index (κ2) is 15.2. The van der Waals surface area contributed by atoms with Gasteiger partial charge in [0.2, 0.25) is 5.91 Å². The van der Waals surface area contributed by atoms with Crippen LogP contribution >= 0.6 is 23.4 Å². The van der Waals surface area contributed by atoms with Crippen molar-refractivity contribution in [3.05, 3.63) is 130 Å². The molecule has 4 aromatic carbocycles. The molecule has 1 unspecified atom stereocenters. The van der Waals surface area contributed by atoms with E-state index in [1.165, 1.54) is 11.8 Å². The molecule has 4 aromatic rings. The number of amides is 3. The summed E-state index contributed by atoms with van der Waals surface area (Å²) in [6.45, 7) is 5.77. The van der Waals surface area contributed by atoms with Crippen LogP contribution in [0.3, 0.4) is 0 Å². The molecule has 0 spiro atoms. The molecule has 0 aliphatic carbocycles. The van der Waals surface area contributed by atoms with E-state index < -0.39 is 34.7 Å². The molecular formula is C35H31ClF3N3O3S. The number of hydrogen-bond donors (Lipinski definition) is 3. The van der Waals surface area contributed by atoms with Gasteiger partial charge in [-0.25, -0.2) is 0 Å². The molecular weight excluding hydrogens is 635 g/mol. The first-order valence-corrected chi connectivity index (χ1v) is 15.5. The molecule has 238 valence electrons. The first kappa shape index (κ1) is 34.3. The quantitative estimate of drug-likeness (QED) is 0.117. The van der Waals surface area contributed by atoms with Gasteiger partial charge in [0, 0.05) is 16.1 Å². The minimum atomic E-state index is -4.58. The standard InChI is InChI=1S/C35H31ClF3N3O3S/c1-21(2)24-11-9-23(10-12-24)19-31(42-33(44)25-7-5-4-6-8-25)34(45)40-27-14-16-28(17-15-27)46-22(3)32(43)41-30-20-26(35(37,38)39)13-18-29(30)36/h4-22H,1-3H3,(H,40,45)(H,41,43)(H,42,44)/b31-19-. The van der Waals surface area contributed by atoms with Crippen LogP contribution in [0.2, 0.25) is 5.02 Å². The van der Waals surface area contributed by atoms with Crippen molar-refractivity contribution >= 4 is 58.5 Å². The number of nitrogens with one attached hydrogen (secondary N) is 3. The molecule has 0 fully saturated rings.